The largest absolute Gasteiger partial charge is 0.481 e. The number of hydrogen-bond acceptors (Lipinski definition) is 1. The van der Waals surface area contributed by atoms with Gasteiger partial charge in [0, 0.05) is 17.1 Å². The quantitative estimate of drug-likeness (QED) is 0.765. The van der Waals surface area contributed by atoms with E-state index in [4.69, 9.17) is 5.11 Å². The number of carboxylic acid groups (broad SMARTS) is 1. The molecular weight excluding hydrogens is 185 g/mol. The summed E-state index contributed by atoms with van der Waals surface area (Å²) in [5.74, 6) is -1.35. The van der Waals surface area contributed by atoms with E-state index in [9.17, 15) is 9.18 Å². The van der Waals surface area contributed by atoms with Gasteiger partial charge < -0.3 is 10.1 Å². The van der Waals surface area contributed by atoms with Crippen LogP contribution in [-0.2, 0) is 11.2 Å². The molecule has 0 aliphatic carbocycles. The van der Waals surface area contributed by atoms with E-state index in [0.717, 1.165) is 0 Å². The van der Waals surface area contributed by atoms with Gasteiger partial charge in [-0.2, -0.15) is 0 Å². The molecule has 3 nitrogen and oxygen atoms in total. The minimum atomic E-state index is -0.964. The van der Waals surface area contributed by atoms with Crippen LogP contribution in [0.1, 0.15) is 5.56 Å². The fraction of sp³-hybridized carbons (Fsp3) is 0.100. The molecule has 1 aromatic carbocycles. The van der Waals surface area contributed by atoms with Crippen molar-refractivity contribution in [2.75, 3.05) is 0 Å². The first-order valence-corrected chi connectivity index (χ1v) is 4.15. The Hall–Kier alpha value is -1.84. The van der Waals surface area contributed by atoms with Crippen molar-refractivity contribution in [3.8, 4) is 0 Å². The molecule has 0 amide bonds. The number of aliphatic carboxylic acids is 1. The summed E-state index contributed by atoms with van der Waals surface area (Å²) in [5.41, 5.74) is 1.10. The van der Waals surface area contributed by atoms with Crippen LogP contribution in [-0.4, -0.2) is 16.1 Å². The molecule has 2 aromatic rings. The first-order valence-electron chi connectivity index (χ1n) is 4.15. The Morgan fingerprint density at radius 2 is 2.29 bits per heavy atom. The molecule has 2 N–H and O–H groups in total. The molecule has 0 fully saturated rings. The summed E-state index contributed by atoms with van der Waals surface area (Å²) < 4.78 is 13.3. The first kappa shape index (κ1) is 8.74. The number of halogens is 1. The average Bonchev–Trinajstić information content (AvgIpc) is 2.49. The lowest BCUT2D eigenvalue weighted by atomic mass is 10.1. The maximum absolute atomic E-state index is 13.3. The van der Waals surface area contributed by atoms with Crippen molar-refractivity contribution < 1.29 is 14.3 Å². The molecule has 4 heteroatoms. The van der Waals surface area contributed by atoms with Crippen molar-refractivity contribution in [2.24, 2.45) is 0 Å². The summed E-state index contributed by atoms with van der Waals surface area (Å²) in [6.07, 6.45) is 1.36. The number of carboxylic acids is 1. The summed E-state index contributed by atoms with van der Waals surface area (Å²) in [6, 6.07) is 4.62. The SMILES string of the molecule is O=C(O)Cc1c[nH]c2cccc(F)c12. The lowest BCUT2D eigenvalue weighted by Crippen LogP contribution is -1.99. The molecular formula is C10H8FNO2. The Labute approximate surface area is 79.2 Å². The molecule has 0 bridgehead atoms. The molecule has 0 atom stereocenters. The molecule has 2 rings (SSSR count). The van der Waals surface area contributed by atoms with Crippen molar-refractivity contribution >= 4 is 16.9 Å². The predicted octanol–water partition coefficient (Wildman–Crippen LogP) is 1.93. The van der Waals surface area contributed by atoms with E-state index in [1.165, 1.54) is 12.3 Å². The average molecular weight is 193 g/mol. The number of fused-ring (bicyclic) bond motifs is 1. The topological polar surface area (TPSA) is 53.1 Å². The van der Waals surface area contributed by atoms with Crippen molar-refractivity contribution in [2.45, 2.75) is 6.42 Å². The van der Waals surface area contributed by atoms with Crippen molar-refractivity contribution in [3.05, 3.63) is 35.8 Å². The number of rotatable bonds is 2. The van der Waals surface area contributed by atoms with E-state index in [2.05, 4.69) is 4.98 Å². The molecule has 0 radical (unpaired) electrons. The highest BCUT2D eigenvalue weighted by molar-refractivity contribution is 5.87. The maximum Gasteiger partial charge on any atom is 0.307 e. The zero-order valence-corrected chi connectivity index (χ0v) is 7.25. The fourth-order valence-corrected chi connectivity index (χ4v) is 1.51. The zero-order valence-electron chi connectivity index (χ0n) is 7.25. The Bertz CT molecular complexity index is 490. The maximum atomic E-state index is 13.3. The number of H-pyrrole nitrogens is 1. The van der Waals surface area contributed by atoms with Gasteiger partial charge in [0.05, 0.1) is 6.42 Å². The minimum Gasteiger partial charge on any atom is -0.481 e. The smallest absolute Gasteiger partial charge is 0.307 e. The van der Waals surface area contributed by atoms with Crippen LogP contribution in [0.25, 0.3) is 10.9 Å². The first-order chi connectivity index (χ1) is 6.68. The molecule has 72 valence electrons. The van der Waals surface area contributed by atoms with Gasteiger partial charge >= 0.3 is 5.97 Å². The molecule has 0 unspecified atom stereocenters. The molecule has 0 saturated carbocycles. The Balaban J connectivity index is 2.61. The molecule has 0 saturated heterocycles. The number of nitrogens with one attached hydrogen (secondary N) is 1. The van der Waals surface area contributed by atoms with Crippen LogP contribution >= 0.6 is 0 Å². The standard InChI is InChI=1S/C10H8FNO2/c11-7-2-1-3-8-10(7)6(5-12-8)4-9(13)14/h1-3,5,12H,4H2,(H,13,14). The third kappa shape index (κ3) is 1.35. The van der Waals surface area contributed by atoms with E-state index < -0.39 is 5.97 Å². The summed E-state index contributed by atoms with van der Waals surface area (Å²) >= 11 is 0. The highest BCUT2D eigenvalue weighted by Crippen LogP contribution is 2.21. The van der Waals surface area contributed by atoms with E-state index in [1.807, 2.05) is 0 Å². The van der Waals surface area contributed by atoms with Crippen LogP contribution in [0.15, 0.2) is 24.4 Å². The molecule has 0 aliphatic rings. The van der Waals surface area contributed by atoms with Gasteiger partial charge in [-0.1, -0.05) is 6.07 Å². The van der Waals surface area contributed by atoms with Crippen LogP contribution in [0.2, 0.25) is 0 Å². The highest BCUT2D eigenvalue weighted by atomic mass is 19.1. The van der Waals surface area contributed by atoms with Crippen LogP contribution in [0.5, 0.6) is 0 Å². The molecule has 14 heavy (non-hydrogen) atoms. The summed E-state index contributed by atoms with van der Waals surface area (Å²) in [7, 11) is 0. The second-order valence-corrected chi connectivity index (χ2v) is 3.05. The van der Waals surface area contributed by atoms with Gasteiger partial charge in [0.15, 0.2) is 0 Å². The van der Waals surface area contributed by atoms with E-state index in [1.54, 1.807) is 12.1 Å². The lowest BCUT2D eigenvalue weighted by Gasteiger charge is -1.95. The summed E-state index contributed by atoms with van der Waals surface area (Å²) in [5, 5.41) is 8.97. The Kier molecular flexibility index (Phi) is 1.96. The molecule has 0 spiro atoms. The van der Waals surface area contributed by atoms with E-state index >= 15 is 0 Å². The van der Waals surface area contributed by atoms with Gasteiger partial charge in [0.2, 0.25) is 0 Å². The summed E-state index contributed by atoms with van der Waals surface area (Å²) in [6.45, 7) is 0. The van der Waals surface area contributed by atoms with Crippen LogP contribution < -0.4 is 0 Å². The van der Waals surface area contributed by atoms with Gasteiger partial charge in [0.1, 0.15) is 5.82 Å². The van der Waals surface area contributed by atoms with Crippen LogP contribution in [0, 0.1) is 5.82 Å². The van der Waals surface area contributed by atoms with Gasteiger partial charge in [-0.25, -0.2) is 4.39 Å². The summed E-state index contributed by atoms with van der Waals surface area (Å²) in [4.78, 5) is 13.3. The predicted molar refractivity (Wildman–Crippen MR) is 49.6 cm³/mol. The number of aromatic amines is 1. The Morgan fingerprint density at radius 3 is 3.00 bits per heavy atom. The van der Waals surface area contributed by atoms with Crippen LogP contribution in [0.3, 0.4) is 0 Å². The second kappa shape index (κ2) is 3.14. The van der Waals surface area contributed by atoms with Gasteiger partial charge in [-0.15, -0.1) is 0 Å². The fourth-order valence-electron chi connectivity index (χ4n) is 1.51. The second-order valence-electron chi connectivity index (χ2n) is 3.05. The molecule has 1 aromatic heterocycles. The third-order valence-electron chi connectivity index (χ3n) is 2.08. The van der Waals surface area contributed by atoms with E-state index in [0.29, 0.717) is 16.5 Å². The van der Waals surface area contributed by atoms with E-state index in [-0.39, 0.29) is 12.2 Å². The highest BCUT2D eigenvalue weighted by Gasteiger charge is 2.10. The zero-order chi connectivity index (χ0) is 10.1. The third-order valence-corrected chi connectivity index (χ3v) is 2.08. The van der Waals surface area contributed by atoms with Gasteiger partial charge in [-0.05, 0) is 17.7 Å². The van der Waals surface area contributed by atoms with Crippen molar-refractivity contribution in [3.63, 3.8) is 0 Å². The lowest BCUT2D eigenvalue weighted by molar-refractivity contribution is -0.136. The molecule has 1 heterocycles. The van der Waals surface area contributed by atoms with Crippen molar-refractivity contribution in [1.29, 1.82) is 0 Å². The molecule has 0 aliphatic heterocycles. The number of aromatic nitrogens is 1. The number of benzene rings is 1. The number of hydrogen-bond donors (Lipinski definition) is 2. The van der Waals surface area contributed by atoms with Gasteiger partial charge in [-0.3, -0.25) is 4.79 Å². The Morgan fingerprint density at radius 1 is 1.50 bits per heavy atom. The van der Waals surface area contributed by atoms with Gasteiger partial charge in [0.25, 0.3) is 0 Å². The monoisotopic (exact) mass is 193 g/mol. The number of carbonyl (C=O) groups is 1. The normalized spacial score (nSPS) is 10.6. The van der Waals surface area contributed by atoms with Crippen LogP contribution in [0.4, 0.5) is 4.39 Å². The minimum absolute atomic E-state index is 0.166. The van der Waals surface area contributed by atoms with Crippen molar-refractivity contribution in [1.82, 2.24) is 4.98 Å².